The Morgan fingerprint density at radius 3 is 2.32 bits per heavy atom. The molecular formula is C17H20N4O. The first-order chi connectivity index (χ1) is 10.6. The summed E-state index contributed by atoms with van der Waals surface area (Å²) in [4.78, 5) is 12.3. The Bertz CT molecular complexity index is 637. The molecule has 0 aliphatic carbocycles. The summed E-state index contributed by atoms with van der Waals surface area (Å²) < 4.78 is 0. The fourth-order valence-corrected chi connectivity index (χ4v) is 2.19. The summed E-state index contributed by atoms with van der Waals surface area (Å²) in [5.41, 5.74) is 7.97. The van der Waals surface area contributed by atoms with Gasteiger partial charge in [0.1, 0.15) is 11.9 Å². The Balaban J connectivity index is 1.98. The van der Waals surface area contributed by atoms with Crippen molar-refractivity contribution in [2.24, 2.45) is 5.73 Å². The van der Waals surface area contributed by atoms with Crippen molar-refractivity contribution in [3.8, 4) is 0 Å². The van der Waals surface area contributed by atoms with Crippen molar-refractivity contribution in [2.45, 2.75) is 12.6 Å². The van der Waals surface area contributed by atoms with Gasteiger partial charge in [-0.1, -0.05) is 54.6 Å². The fourth-order valence-electron chi connectivity index (χ4n) is 2.19. The minimum atomic E-state index is -0.377. The van der Waals surface area contributed by atoms with Crippen molar-refractivity contribution >= 4 is 11.7 Å². The quantitative estimate of drug-likeness (QED) is 0.481. The second-order valence-corrected chi connectivity index (χ2v) is 4.96. The number of nitrogens with two attached hydrogens (primary N) is 1. The predicted octanol–water partition coefficient (Wildman–Crippen LogP) is 1.55. The van der Waals surface area contributed by atoms with Gasteiger partial charge in [0, 0.05) is 12.1 Å². The topological polar surface area (TPSA) is 91.0 Å². The zero-order chi connectivity index (χ0) is 15.9. The minimum absolute atomic E-state index is 0.0370. The molecule has 0 saturated carbocycles. The van der Waals surface area contributed by atoms with E-state index in [9.17, 15) is 4.79 Å². The Morgan fingerprint density at radius 1 is 1.14 bits per heavy atom. The van der Waals surface area contributed by atoms with Crippen molar-refractivity contribution in [1.29, 1.82) is 5.41 Å². The highest BCUT2D eigenvalue weighted by molar-refractivity contribution is 5.94. The molecule has 5 nitrogen and oxygen atoms in total. The Hall–Kier alpha value is -2.66. The molecule has 0 saturated heterocycles. The first-order valence-electron chi connectivity index (χ1n) is 7.05. The second kappa shape index (κ2) is 7.38. The molecule has 0 bridgehead atoms. The molecular weight excluding hydrogens is 276 g/mol. The van der Waals surface area contributed by atoms with E-state index in [1.54, 1.807) is 19.2 Å². The molecule has 0 fully saturated rings. The van der Waals surface area contributed by atoms with E-state index >= 15 is 0 Å². The first-order valence-corrected chi connectivity index (χ1v) is 7.05. The number of carbonyl (C=O) groups excluding carboxylic acids is 1. The summed E-state index contributed by atoms with van der Waals surface area (Å²) >= 11 is 0. The van der Waals surface area contributed by atoms with Crippen LogP contribution in [0.25, 0.3) is 0 Å². The van der Waals surface area contributed by atoms with Gasteiger partial charge in [-0.15, -0.1) is 0 Å². The molecule has 0 spiro atoms. The smallest absolute Gasteiger partial charge is 0.241 e. The van der Waals surface area contributed by atoms with E-state index < -0.39 is 0 Å². The number of amidine groups is 1. The maximum Gasteiger partial charge on any atom is 0.241 e. The molecule has 114 valence electrons. The van der Waals surface area contributed by atoms with E-state index in [-0.39, 0.29) is 17.8 Å². The summed E-state index contributed by atoms with van der Waals surface area (Å²) in [6.45, 7) is 0.433. The molecule has 2 aromatic carbocycles. The summed E-state index contributed by atoms with van der Waals surface area (Å²) in [5, 5.41) is 13.3. The maximum absolute atomic E-state index is 12.3. The summed E-state index contributed by atoms with van der Waals surface area (Å²) in [5.74, 6) is -0.0424. The highest BCUT2D eigenvalue weighted by atomic mass is 16.2. The summed E-state index contributed by atoms with van der Waals surface area (Å²) in [6, 6.07) is 16.5. The lowest BCUT2D eigenvalue weighted by molar-refractivity contribution is -0.123. The third-order valence-electron chi connectivity index (χ3n) is 3.42. The van der Waals surface area contributed by atoms with Gasteiger partial charge < -0.3 is 16.4 Å². The van der Waals surface area contributed by atoms with Crippen LogP contribution in [0, 0.1) is 5.41 Å². The Kier molecular flexibility index (Phi) is 5.27. The molecule has 1 atom stereocenters. The largest absolute Gasteiger partial charge is 0.384 e. The van der Waals surface area contributed by atoms with Crippen molar-refractivity contribution in [2.75, 3.05) is 7.05 Å². The zero-order valence-electron chi connectivity index (χ0n) is 12.5. The van der Waals surface area contributed by atoms with Gasteiger partial charge in [-0.25, -0.2) is 0 Å². The second-order valence-electron chi connectivity index (χ2n) is 4.96. The van der Waals surface area contributed by atoms with Crippen LogP contribution in [0.2, 0.25) is 0 Å². The number of hydrogen-bond donors (Lipinski definition) is 4. The first kappa shape index (κ1) is 15.7. The van der Waals surface area contributed by atoms with Crippen LogP contribution in [0.1, 0.15) is 22.7 Å². The predicted molar refractivity (Wildman–Crippen MR) is 87.5 cm³/mol. The van der Waals surface area contributed by atoms with Gasteiger partial charge >= 0.3 is 0 Å². The number of hydrogen-bond acceptors (Lipinski definition) is 3. The number of likely N-dealkylation sites (N-methyl/N-ethyl adjacent to an activating group) is 1. The number of benzene rings is 2. The summed E-state index contributed by atoms with van der Waals surface area (Å²) in [7, 11) is 1.76. The molecule has 0 radical (unpaired) electrons. The van der Waals surface area contributed by atoms with Gasteiger partial charge in [-0.2, -0.15) is 0 Å². The Labute approximate surface area is 130 Å². The summed E-state index contributed by atoms with van der Waals surface area (Å²) in [6.07, 6.45) is 0. The normalized spacial score (nSPS) is 11.7. The van der Waals surface area contributed by atoms with Crippen LogP contribution in [0.15, 0.2) is 54.6 Å². The molecule has 5 heteroatoms. The maximum atomic E-state index is 12.3. The standard InChI is InChI=1S/C17H20N4O/c1-20-15(13-5-3-2-4-6-13)17(22)21-11-12-7-9-14(10-8-12)16(18)19/h2-10,15,20H,11H2,1H3,(H3,18,19)(H,21,22). The lowest BCUT2D eigenvalue weighted by Crippen LogP contribution is -2.35. The van der Waals surface area contributed by atoms with E-state index in [1.807, 2.05) is 42.5 Å². The SMILES string of the molecule is CNC(C(=O)NCc1ccc(C(=N)N)cc1)c1ccccc1. The number of nitrogen functional groups attached to an aromatic ring is 1. The molecule has 2 aromatic rings. The number of amides is 1. The minimum Gasteiger partial charge on any atom is -0.384 e. The molecule has 0 aromatic heterocycles. The third kappa shape index (κ3) is 3.93. The van der Waals surface area contributed by atoms with Crippen LogP contribution < -0.4 is 16.4 Å². The van der Waals surface area contributed by atoms with Gasteiger partial charge in [0.25, 0.3) is 0 Å². The van der Waals surface area contributed by atoms with Gasteiger partial charge in [0.2, 0.25) is 5.91 Å². The van der Waals surface area contributed by atoms with E-state index in [1.165, 1.54) is 0 Å². The highest BCUT2D eigenvalue weighted by Gasteiger charge is 2.17. The fraction of sp³-hybridized carbons (Fsp3) is 0.176. The van der Waals surface area contributed by atoms with Crippen LogP contribution in [0.3, 0.4) is 0 Å². The number of rotatable bonds is 6. The van der Waals surface area contributed by atoms with Crippen LogP contribution in [-0.4, -0.2) is 18.8 Å². The van der Waals surface area contributed by atoms with Crippen LogP contribution >= 0.6 is 0 Å². The molecule has 1 amide bonds. The van der Waals surface area contributed by atoms with Crippen LogP contribution in [-0.2, 0) is 11.3 Å². The zero-order valence-corrected chi connectivity index (χ0v) is 12.5. The van der Waals surface area contributed by atoms with Crippen LogP contribution in [0.4, 0.5) is 0 Å². The third-order valence-corrected chi connectivity index (χ3v) is 3.42. The van der Waals surface area contributed by atoms with Gasteiger partial charge in [-0.05, 0) is 18.2 Å². The molecule has 22 heavy (non-hydrogen) atoms. The average Bonchev–Trinajstić information content (AvgIpc) is 2.55. The van der Waals surface area contributed by atoms with E-state index in [0.717, 1.165) is 11.1 Å². The van der Waals surface area contributed by atoms with Crippen molar-refractivity contribution in [1.82, 2.24) is 10.6 Å². The van der Waals surface area contributed by atoms with Gasteiger partial charge in [0.15, 0.2) is 0 Å². The molecule has 0 aliphatic heterocycles. The van der Waals surface area contributed by atoms with Crippen molar-refractivity contribution in [3.05, 3.63) is 71.3 Å². The molecule has 2 rings (SSSR count). The lowest BCUT2D eigenvalue weighted by atomic mass is 10.1. The van der Waals surface area contributed by atoms with Crippen molar-refractivity contribution < 1.29 is 4.79 Å². The van der Waals surface area contributed by atoms with E-state index in [2.05, 4.69) is 10.6 Å². The van der Waals surface area contributed by atoms with Crippen molar-refractivity contribution in [3.63, 3.8) is 0 Å². The molecule has 0 aliphatic rings. The number of carbonyl (C=O) groups is 1. The van der Waals surface area contributed by atoms with Crippen LogP contribution in [0.5, 0.6) is 0 Å². The molecule has 0 heterocycles. The van der Waals surface area contributed by atoms with E-state index in [0.29, 0.717) is 12.1 Å². The monoisotopic (exact) mass is 296 g/mol. The average molecular weight is 296 g/mol. The molecule has 1 unspecified atom stereocenters. The van der Waals surface area contributed by atoms with E-state index in [4.69, 9.17) is 11.1 Å². The Morgan fingerprint density at radius 2 is 1.77 bits per heavy atom. The lowest BCUT2D eigenvalue weighted by Gasteiger charge is -2.16. The van der Waals surface area contributed by atoms with Gasteiger partial charge in [0.05, 0.1) is 0 Å². The number of nitrogens with one attached hydrogen (secondary N) is 3. The molecule has 5 N–H and O–H groups in total. The highest BCUT2D eigenvalue weighted by Crippen LogP contribution is 2.12. The van der Waals surface area contributed by atoms with Gasteiger partial charge in [-0.3, -0.25) is 10.2 Å².